The van der Waals surface area contributed by atoms with E-state index in [4.69, 9.17) is 4.74 Å². The second-order valence-corrected chi connectivity index (χ2v) is 5.04. The maximum absolute atomic E-state index is 14.3. The van der Waals surface area contributed by atoms with Crippen LogP contribution in [0.4, 0.5) is 10.1 Å². The molecular formula is C14H17FN2O2. The second-order valence-electron chi connectivity index (χ2n) is 5.04. The highest BCUT2D eigenvalue weighted by molar-refractivity contribution is 5.93. The van der Waals surface area contributed by atoms with Crippen molar-refractivity contribution in [1.29, 1.82) is 0 Å². The molecule has 1 atom stereocenters. The summed E-state index contributed by atoms with van der Waals surface area (Å²) in [7, 11) is 0. The van der Waals surface area contributed by atoms with Crippen LogP contribution in [0.1, 0.15) is 17.5 Å². The fourth-order valence-electron chi connectivity index (χ4n) is 2.61. The smallest absolute Gasteiger partial charge is 0.229 e. The fraction of sp³-hybridized carbons (Fsp3) is 0.500. The molecule has 2 heterocycles. The van der Waals surface area contributed by atoms with Crippen LogP contribution in [0.5, 0.6) is 0 Å². The van der Waals surface area contributed by atoms with Crippen molar-refractivity contribution < 1.29 is 13.9 Å². The maximum atomic E-state index is 14.3. The van der Waals surface area contributed by atoms with Crippen molar-refractivity contribution in [3.63, 3.8) is 0 Å². The van der Waals surface area contributed by atoms with Crippen molar-refractivity contribution >= 4 is 11.6 Å². The van der Waals surface area contributed by atoms with E-state index < -0.39 is 0 Å². The molecule has 0 spiro atoms. The lowest BCUT2D eigenvalue weighted by molar-refractivity contribution is -0.119. The molecule has 1 aromatic rings. The summed E-state index contributed by atoms with van der Waals surface area (Å²) in [5, 5.41) is 5.89. The summed E-state index contributed by atoms with van der Waals surface area (Å²) in [6.45, 7) is 2.51. The Morgan fingerprint density at radius 3 is 3.16 bits per heavy atom. The molecule has 1 unspecified atom stereocenters. The van der Waals surface area contributed by atoms with Gasteiger partial charge in [-0.05, 0) is 36.6 Å². The largest absolute Gasteiger partial charge is 0.381 e. The number of ether oxygens (including phenoxy) is 1. The fourth-order valence-corrected chi connectivity index (χ4v) is 2.61. The molecule has 1 amide bonds. The summed E-state index contributed by atoms with van der Waals surface area (Å²) in [5.74, 6) is -0.589. The van der Waals surface area contributed by atoms with Crippen molar-refractivity contribution in [2.24, 2.45) is 5.92 Å². The highest BCUT2D eigenvalue weighted by atomic mass is 19.1. The Morgan fingerprint density at radius 1 is 1.47 bits per heavy atom. The van der Waals surface area contributed by atoms with Crippen LogP contribution in [0.15, 0.2) is 12.1 Å². The predicted molar refractivity (Wildman–Crippen MR) is 69.4 cm³/mol. The van der Waals surface area contributed by atoms with Crippen LogP contribution in [0.3, 0.4) is 0 Å². The third-order valence-corrected chi connectivity index (χ3v) is 3.77. The van der Waals surface area contributed by atoms with Gasteiger partial charge in [0.2, 0.25) is 5.91 Å². The van der Waals surface area contributed by atoms with Gasteiger partial charge in [0.05, 0.1) is 18.2 Å². The highest BCUT2D eigenvalue weighted by Gasteiger charge is 2.25. The van der Waals surface area contributed by atoms with Gasteiger partial charge in [-0.15, -0.1) is 0 Å². The molecule has 2 aliphatic rings. The lowest BCUT2D eigenvalue weighted by atomic mass is 9.99. The third-order valence-electron chi connectivity index (χ3n) is 3.77. The van der Waals surface area contributed by atoms with Crippen LogP contribution in [0.2, 0.25) is 0 Å². The predicted octanol–water partition coefficient (Wildman–Crippen LogP) is 1.45. The molecule has 1 aromatic carbocycles. The van der Waals surface area contributed by atoms with E-state index in [1.165, 1.54) is 0 Å². The Hall–Kier alpha value is -1.46. The number of anilines is 1. The average Bonchev–Trinajstić information content (AvgIpc) is 2.96. The van der Waals surface area contributed by atoms with Gasteiger partial charge in [0.1, 0.15) is 5.82 Å². The van der Waals surface area contributed by atoms with Crippen LogP contribution in [-0.2, 0) is 22.5 Å². The number of hydrogen-bond acceptors (Lipinski definition) is 3. The normalized spacial score (nSPS) is 22.1. The standard InChI is InChI=1S/C14H17FN2O2/c15-13-11-3-5-16-7-9(11)1-2-12(13)17-14(18)10-4-6-19-8-10/h1-2,10,16H,3-8H2,(H,17,18). The van der Waals surface area contributed by atoms with Gasteiger partial charge in [-0.3, -0.25) is 4.79 Å². The molecule has 19 heavy (non-hydrogen) atoms. The molecular weight excluding hydrogens is 247 g/mol. The van der Waals surface area contributed by atoms with Crippen molar-refractivity contribution in [3.8, 4) is 0 Å². The topological polar surface area (TPSA) is 50.4 Å². The first-order chi connectivity index (χ1) is 9.25. The number of benzene rings is 1. The number of halogens is 1. The van der Waals surface area contributed by atoms with Crippen LogP contribution in [0, 0.1) is 11.7 Å². The zero-order chi connectivity index (χ0) is 13.2. The van der Waals surface area contributed by atoms with Crippen LogP contribution < -0.4 is 10.6 Å². The quantitative estimate of drug-likeness (QED) is 0.850. The van der Waals surface area contributed by atoms with E-state index in [-0.39, 0.29) is 23.3 Å². The number of nitrogens with one attached hydrogen (secondary N) is 2. The van der Waals surface area contributed by atoms with Crippen LogP contribution >= 0.6 is 0 Å². The average molecular weight is 264 g/mol. The van der Waals surface area contributed by atoms with Gasteiger partial charge in [0, 0.05) is 13.2 Å². The first-order valence-corrected chi connectivity index (χ1v) is 6.65. The molecule has 0 saturated carbocycles. The zero-order valence-corrected chi connectivity index (χ0v) is 10.7. The molecule has 4 nitrogen and oxygen atoms in total. The summed E-state index contributed by atoms with van der Waals surface area (Å²) in [4.78, 5) is 12.0. The zero-order valence-electron chi connectivity index (χ0n) is 10.7. The SMILES string of the molecule is O=C(Nc1ccc2c(c1F)CCNC2)C1CCOC1. The molecule has 0 aliphatic carbocycles. The van der Waals surface area contributed by atoms with E-state index in [1.807, 2.05) is 6.07 Å². The summed E-state index contributed by atoms with van der Waals surface area (Å²) in [5.41, 5.74) is 1.99. The van der Waals surface area contributed by atoms with Gasteiger partial charge >= 0.3 is 0 Å². The minimum Gasteiger partial charge on any atom is -0.381 e. The number of rotatable bonds is 2. The Kier molecular flexibility index (Phi) is 3.48. The number of fused-ring (bicyclic) bond motifs is 1. The molecule has 2 N–H and O–H groups in total. The summed E-state index contributed by atoms with van der Waals surface area (Å²) in [6.07, 6.45) is 1.37. The second kappa shape index (κ2) is 5.27. The summed E-state index contributed by atoms with van der Waals surface area (Å²) in [6, 6.07) is 3.53. The Morgan fingerprint density at radius 2 is 2.37 bits per heavy atom. The summed E-state index contributed by atoms with van der Waals surface area (Å²) < 4.78 is 19.5. The van der Waals surface area contributed by atoms with Crippen molar-refractivity contribution in [2.45, 2.75) is 19.4 Å². The highest BCUT2D eigenvalue weighted by Crippen LogP contribution is 2.25. The van der Waals surface area contributed by atoms with Gasteiger partial charge in [-0.2, -0.15) is 0 Å². The molecule has 0 bridgehead atoms. The van der Waals surface area contributed by atoms with Crippen LogP contribution in [0.25, 0.3) is 0 Å². The number of amides is 1. The minimum absolute atomic E-state index is 0.148. The van der Waals surface area contributed by atoms with Gasteiger partial charge in [-0.1, -0.05) is 6.07 Å². The Balaban J connectivity index is 1.79. The Bertz CT molecular complexity index is 498. The monoisotopic (exact) mass is 264 g/mol. The van der Waals surface area contributed by atoms with Gasteiger partial charge in [-0.25, -0.2) is 4.39 Å². The number of carbonyl (C=O) groups is 1. The molecule has 0 aromatic heterocycles. The number of carbonyl (C=O) groups excluding carboxylic acids is 1. The van der Waals surface area contributed by atoms with Gasteiger partial charge in [0.15, 0.2) is 0 Å². The van der Waals surface area contributed by atoms with Crippen molar-refractivity contribution in [2.75, 3.05) is 25.1 Å². The van der Waals surface area contributed by atoms with E-state index in [0.717, 1.165) is 17.7 Å². The lowest BCUT2D eigenvalue weighted by Gasteiger charge is -2.20. The van der Waals surface area contributed by atoms with E-state index >= 15 is 0 Å². The van der Waals surface area contributed by atoms with Crippen molar-refractivity contribution in [1.82, 2.24) is 5.32 Å². The lowest BCUT2D eigenvalue weighted by Crippen LogP contribution is -2.26. The molecule has 3 rings (SSSR count). The molecule has 1 fully saturated rings. The summed E-state index contributed by atoms with van der Waals surface area (Å²) >= 11 is 0. The molecule has 5 heteroatoms. The first-order valence-electron chi connectivity index (χ1n) is 6.65. The third kappa shape index (κ3) is 2.48. The maximum Gasteiger partial charge on any atom is 0.229 e. The van der Waals surface area contributed by atoms with E-state index in [9.17, 15) is 9.18 Å². The Labute approximate surface area is 111 Å². The molecule has 102 valence electrons. The van der Waals surface area contributed by atoms with E-state index in [2.05, 4.69) is 10.6 Å². The first kappa shape index (κ1) is 12.6. The molecule has 0 radical (unpaired) electrons. The van der Waals surface area contributed by atoms with E-state index in [0.29, 0.717) is 32.6 Å². The molecule has 2 aliphatic heterocycles. The minimum atomic E-state index is -0.286. The van der Waals surface area contributed by atoms with Gasteiger partial charge < -0.3 is 15.4 Å². The van der Waals surface area contributed by atoms with E-state index in [1.54, 1.807) is 6.07 Å². The van der Waals surface area contributed by atoms with Gasteiger partial charge in [0.25, 0.3) is 0 Å². The van der Waals surface area contributed by atoms with Crippen LogP contribution in [-0.4, -0.2) is 25.7 Å². The van der Waals surface area contributed by atoms with Crippen molar-refractivity contribution in [3.05, 3.63) is 29.1 Å². The number of hydrogen-bond donors (Lipinski definition) is 2. The molecule has 1 saturated heterocycles.